The lowest BCUT2D eigenvalue weighted by Crippen LogP contribution is -2.48. The summed E-state index contributed by atoms with van der Waals surface area (Å²) in [6.07, 6.45) is 8.74. The molecule has 3 aromatic rings. The van der Waals surface area contributed by atoms with Crippen molar-refractivity contribution in [1.82, 2.24) is 24.8 Å². The molecule has 8 heteroatoms. The van der Waals surface area contributed by atoms with Crippen LogP contribution in [0.4, 0.5) is 0 Å². The second-order valence-corrected chi connectivity index (χ2v) is 8.20. The zero-order chi connectivity index (χ0) is 22.9. The number of aliphatic imine (C=N–C) groups is 1. The van der Waals surface area contributed by atoms with E-state index in [1.54, 1.807) is 0 Å². The summed E-state index contributed by atoms with van der Waals surface area (Å²) in [4.78, 5) is 15.5. The number of hydrogen-bond acceptors (Lipinski definition) is 5. The van der Waals surface area contributed by atoms with Crippen molar-refractivity contribution in [3.8, 4) is 11.6 Å². The standard InChI is InChI=1S/C25H32N6O2/c1-20-10-12-30(18-23(20)31-13-11-27-19-31)25(26-2)29-17-21-8-9-24(28-16-21)33-15-14-32-22-6-4-3-5-7-22/h3-9,11,13,16,19-20,23H,10,12,14-15,17-18H2,1-2H3,(H,26,29). The first-order chi connectivity index (χ1) is 16.2. The number of ether oxygens (including phenoxy) is 2. The van der Waals surface area contributed by atoms with Gasteiger partial charge in [-0.05, 0) is 30.0 Å². The summed E-state index contributed by atoms with van der Waals surface area (Å²) in [6, 6.07) is 14.0. The number of imidazole rings is 1. The molecule has 0 spiro atoms. The molecule has 8 nitrogen and oxygen atoms in total. The van der Waals surface area contributed by atoms with Crippen molar-refractivity contribution in [2.45, 2.75) is 25.9 Å². The predicted octanol–water partition coefficient (Wildman–Crippen LogP) is 3.39. The molecule has 0 aliphatic carbocycles. The van der Waals surface area contributed by atoms with Gasteiger partial charge in [-0.1, -0.05) is 31.2 Å². The Bertz CT molecular complexity index is 992. The Balaban J connectivity index is 1.23. The Morgan fingerprint density at radius 3 is 2.73 bits per heavy atom. The maximum Gasteiger partial charge on any atom is 0.213 e. The van der Waals surface area contributed by atoms with Crippen LogP contribution in [0.25, 0.3) is 0 Å². The summed E-state index contributed by atoms with van der Waals surface area (Å²) in [7, 11) is 1.83. The van der Waals surface area contributed by atoms with Crippen LogP contribution in [0.2, 0.25) is 0 Å². The number of nitrogens with zero attached hydrogens (tertiary/aromatic N) is 5. The van der Waals surface area contributed by atoms with E-state index in [2.05, 4.69) is 36.7 Å². The van der Waals surface area contributed by atoms with Crippen LogP contribution in [-0.4, -0.2) is 58.7 Å². The number of nitrogens with one attached hydrogen (secondary N) is 1. The van der Waals surface area contributed by atoms with Crippen molar-refractivity contribution >= 4 is 5.96 Å². The minimum Gasteiger partial charge on any atom is -0.490 e. The highest BCUT2D eigenvalue weighted by Gasteiger charge is 2.28. The van der Waals surface area contributed by atoms with Gasteiger partial charge >= 0.3 is 0 Å². The van der Waals surface area contributed by atoms with Crippen LogP contribution in [0.1, 0.15) is 24.9 Å². The van der Waals surface area contributed by atoms with Gasteiger partial charge in [0.15, 0.2) is 5.96 Å². The highest BCUT2D eigenvalue weighted by atomic mass is 16.5. The van der Waals surface area contributed by atoms with Crippen LogP contribution in [0.3, 0.4) is 0 Å². The smallest absolute Gasteiger partial charge is 0.213 e. The molecule has 0 radical (unpaired) electrons. The molecule has 3 heterocycles. The van der Waals surface area contributed by atoms with Gasteiger partial charge in [-0.3, -0.25) is 4.99 Å². The normalized spacial score (nSPS) is 18.7. The van der Waals surface area contributed by atoms with E-state index in [-0.39, 0.29) is 0 Å². The van der Waals surface area contributed by atoms with Crippen molar-refractivity contribution in [3.63, 3.8) is 0 Å². The fourth-order valence-corrected chi connectivity index (χ4v) is 4.03. The molecule has 0 amide bonds. The molecule has 1 N–H and O–H groups in total. The Morgan fingerprint density at radius 1 is 1.15 bits per heavy atom. The van der Waals surface area contributed by atoms with Crippen LogP contribution < -0.4 is 14.8 Å². The average molecular weight is 449 g/mol. The molecule has 0 saturated carbocycles. The number of likely N-dealkylation sites (tertiary alicyclic amines) is 1. The van der Waals surface area contributed by atoms with E-state index < -0.39 is 0 Å². The van der Waals surface area contributed by atoms with Crippen LogP contribution in [0, 0.1) is 5.92 Å². The highest BCUT2D eigenvalue weighted by Crippen LogP contribution is 2.27. The summed E-state index contributed by atoms with van der Waals surface area (Å²) in [5, 5.41) is 3.48. The van der Waals surface area contributed by atoms with Crippen molar-refractivity contribution in [3.05, 3.63) is 72.9 Å². The maximum absolute atomic E-state index is 5.69. The fraction of sp³-hybridized carbons (Fsp3) is 0.400. The second kappa shape index (κ2) is 11.4. The molecule has 2 aromatic heterocycles. The molecule has 1 fully saturated rings. The van der Waals surface area contributed by atoms with Crippen LogP contribution in [-0.2, 0) is 6.54 Å². The van der Waals surface area contributed by atoms with Crippen molar-refractivity contribution < 1.29 is 9.47 Å². The quantitative estimate of drug-likeness (QED) is 0.323. The number of pyridine rings is 1. The van der Waals surface area contributed by atoms with Gasteiger partial charge in [-0.2, -0.15) is 0 Å². The molecule has 1 saturated heterocycles. The van der Waals surface area contributed by atoms with E-state index in [9.17, 15) is 0 Å². The lowest BCUT2D eigenvalue weighted by Gasteiger charge is -2.39. The van der Waals surface area contributed by atoms with Gasteiger partial charge in [-0.15, -0.1) is 0 Å². The lowest BCUT2D eigenvalue weighted by atomic mass is 9.93. The third-order valence-electron chi connectivity index (χ3n) is 5.93. The number of hydrogen-bond donors (Lipinski definition) is 1. The molecule has 1 aliphatic rings. The monoisotopic (exact) mass is 448 g/mol. The minimum atomic E-state index is 0.392. The Hall–Kier alpha value is -3.55. The van der Waals surface area contributed by atoms with E-state index in [1.165, 1.54) is 0 Å². The number of benzene rings is 1. The molecule has 174 valence electrons. The second-order valence-electron chi connectivity index (χ2n) is 8.20. The van der Waals surface area contributed by atoms with Gasteiger partial charge in [-0.25, -0.2) is 9.97 Å². The third kappa shape index (κ3) is 6.25. The van der Waals surface area contributed by atoms with Gasteiger partial charge in [0.1, 0.15) is 19.0 Å². The Labute approximate surface area is 195 Å². The first kappa shape index (κ1) is 22.6. The van der Waals surface area contributed by atoms with E-state index in [0.29, 0.717) is 37.6 Å². The summed E-state index contributed by atoms with van der Waals surface area (Å²) in [6.45, 7) is 5.77. The van der Waals surface area contributed by atoms with Gasteiger partial charge < -0.3 is 24.3 Å². The van der Waals surface area contributed by atoms with E-state index in [0.717, 1.165) is 36.8 Å². The number of para-hydroxylation sites is 1. The molecule has 2 atom stereocenters. The predicted molar refractivity (Wildman–Crippen MR) is 128 cm³/mol. The van der Waals surface area contributed by atoms with Crippen LogP contribution in [0.5, 0.6) is 11.6 Å². The van der Waals surface area contributed by atoms with E-state index in [4.69, 9.17) is 9.47 Å². The summed E-state index contributed by atoms with van der Waals surface area (Å²) in [5.74, 6) is 2.94. The van der Waals surface area contributed by atoms with Crippen molar-refractivity contribution in [2.24, 2.45) is 10.9 Å². The van der Waals surface area contributed by atoms with Gasteiger partial charge in [0, 0.05) is 51.3 Å². The first-order valence-electron chi connectivity index (χ1n) is 11.4. The van der Waals surface area contributed by atoms with E-state index >= 15 is 0 Å². The van der Waals surface area contributed by atoms with Gasteiger partial charge in [0.2, 0.25) is 5.88 Å². The molecule has 2 unspecified atom stereocenters. The van der Waals surface area contributed by atoms with Crippen LogP contribution >= 0.6 is 0 Å². The average Bonchev–Trinajstić information content (AvgIpc) is 3.39. The minimum absolute atomic E-state index is 0.392. The number of rotatable bonds is 8. The topological polar surface area (TPSA) is 76.8 Å². The number of piperidine rings is 1. The fourth-order valence-electron chi connectivity index (χ4n) is 4.03. The molecule has 1 aliphatic heterocycles. The Kier molecular flexibility index (Phi) is 7.79. The molecule has 33 heavy (non-hydrogen) atoms. The molecule has 1 aromatic carbocycles. The highest BCUT2D eigenvalue weighted by molar-refractivity contribution is 5.80. The van der Waals surface area contributed by atoms with Crippen molar-refractivity contribution in [1.29, 1.82) is 0 Å². The lowest BCUT2D eigenvalue weighted by molar-refractivity contribution is 0.189. The Morgan fingerprint density at radius 2 is 2.00 bits per heavy atom. The zero-order valence-electron chi connectivity index (χ0n) is 19.3. The summed E-state index contributed by atoms with van der Waals surface area (Å²) >= 11 is 0. The summed E-state index contributed by atoms with van der Waals surface area (Å²) in [5.41, 5.74) is 1.07. The summed E-state index contributed by atoms with van der Waals surface area (Å²) < 4.78 is 13.5. The molecular weight excluding hydrogens is 416 g/mol. The first-order valence-corrected chi connectivity index (χ1v) is 11.4. The van der Waals surface area contributed by atoms with Crippen molar-refractivity contribution in [2.75, 3.05) is 33.4 Å². The number of guanidine groups is 1. The van der Waals surface area contributed by atoms with Gasteiger partial charge in [0.25, 0.3) is 0 Å². The SMILES string of the molecule is CN=C(NCc1ccc(OCCOc2ccccc2)nc1)N1CCC(C)C(n2ccnc2)C1. The molecule has 4 rings (SSSR count). The largest absolute Gasteiger partial charge is 0.490 e. The molecular formula is C25H32N6O2. The van der Waals surface area contributed by atoms with E-state index in [1.807, 2.05) is 74.4 Å². The molecule has 0 bridgehead atoms. The zero-order valence-corrected chi connectivity index (χ0v) is 19.3. The van der Waals surface area contributed by atoms with Crippen LogP contribution in [0.15, 0.2) is 72.4 Å². The third-order valence-corrected chi connectivity index (χ3v) is 5.93. The number of aromatic nitrogens is 3. The van der Waals surface area contributed by atoms with Gasteiger partial charge in [0.05, 0.1) is 12.4 Å². The maximum atomic E-state index is 5.69.